The van der Waals surface area contributed by atoms with Gasteiger partial charge in [0.15, 0.2) is 5.78 Å². The normalized spacial score (nSPS) is 16.1. The highest BCUT2D eigenvalue weighted by molar-refractivity contribution is 6.00. The third-order valence-electron chi connectivity index (χ3n) is 5.13. The number of Topliss-reactive ketones (excluding diaryl/α,β-unsaturated/α-hetero) is 1. The van der Waals surface area contributed by atoms with Gasteiger partial charge >= 0.3 is 6.36 Å². The Labute approximate surface area is 163 Å². The predicted octanol–water partition coefficient (Wildman–Crippen LogP) is 4.89. The van der Waals surface area contributed by atoms with Crippen molar-refractivity contribution in [3.05, 3.63) is 65.2 Å². The van der Waals surface area contributed by atoms with Gasteiger partial charge in [0, 0.05) is 6.42 Å². The first-order chi connectivity index (χ1) is 13.3. The van der Waals surface area contributed by atoms with Gasteiger partial charge in [-0.3, -0.25) is 4.79 Å². The molecule has 1 aliphatic heterocycles. The number of piperidine rings is 1. The molecule has 1 saturated heterocycles. The Kier molecular flexibility index (Phi) is 6.39. The molecule has 0 radical (unpaired) electrons. The van der Waals surface area contributed by atoms with Gasteiger partial charge in [0.05, 0.1) is 5.56 Å². The Balaban J connectivity index is 1.68. The lowest BCUT2D eigenvalue weighted by Gasteiger charge is -2.29. The number of para-hydroxylation sites is 1. The minimum absolute atomic E-state index is 0.0411. The smallest absolute Gasteiger partial charge is 0.405 e. The molecule has 1 aliphatic rings. The van der Waals surface area contributed by atoms with Crippen LogP contribution in [0.15, 0.2) is 48.5 Å². The van der Waals surface area contributed by atoms with Gasteiger partial charge in [-0.2, -0.15) is 0 Å². The number of benzene rings is 2. The molecule has 0 unspecified atom stereocenters. The fourth-order valence-electron chi connectivity index (χ4n) is 3.66. The molecule has 3 rings (SSSR count). The zero-order valence-electron chi connectivity index (χ0n) is 15.8. The highest BCUT2D eigenvalue weighted by Crippen LogP contribution is 2.27. The Morgan fingerprint density at radius 2 is 1.75 bits per heavy atom. The lowest BCUT2D eigenvalue weighted by molar-refractivity contribution is -0.274. The second kappa shape index (κ2) is 8.78. The number of hydrogen-bond acceptors (Lipinski definition) is 3. The Morgan fingerprint density at radius 1 is 1.07 bits per heavy atom. The molecule has 2 aromatic carbocycles. The predicted molar refractivity (Wildman–Crippen MR) is 102 cm³/mol. The monoisotopic (exact) mass is 391 g/mol. The Hall–Kier alpha value is -2.34. The number of halogens is 3. The maximum Gasteiger partial charge on any atom is 0.573 e. The molecule has 0 atom stereocenters. The Bertz CT molecular complexity index is 811. The summed E-state index contributed by atoms with van der Waals surface area (Å²) in [6, 6.07) is 13.3. The number of hydrogen-bond donors (Lipinski definition) is 0. The second-order valence-electron chi connectivity index (χ2n) is 7.41. The van der Waals surface area contributed by atoms with E-state index in [4.69, 9.17) is 0 Å². The summed E-state index contributed by atoms with van der Waals surface area (Å²) in [5.74, 6) is -0.221. The average Bonchev–Trinajstić information content (AvgIpc) is 2.63. The van der Waals surface area contributed by atoms with Crippen LogP contribution in [0.25, 0.3) is 0 Å². The lowest BCUT2D eigenvalue weighted by Crippen LogP contribution is -2.30. The van der Waals surface area contributed by atoms with Crippen LogP contribution in [0, 0.1) is 5.92 Å². The molecule has 0 saturated carbocycles. The molecule has 150 valence electrons. The highest BCUT2D eigenvalue weighted by atomic mass is 19.4. The van der Waals surface area contributed by atoms with Crippen LogP contribution in [0.5, 0.6) is 5.75 Å². The van der Waals surface area contributed by atoms with Gasteiger partial charge in [-0.1, -0.05) is 36.4 Å². The summed E-state index contributed by atoms with van der Waals surface area (Å²) in [6.45, 7) is 2.19. The average molecular weight is 391 g/mol. The molecule has 0 aliphatic carbocycles. The molecule has 0 amide bonds. The van der Waals surface area contributed by atoms with Crippen molar-refractivity contribution in [1.82, 2.24) is 4.90 Å². The van der Waals surface area contributed by atoms with Crippen LogP contribution in [0.4, 0.5) is 13.2 Å². The van der Waals surface area contributed by atoms with Crippen molar-refractivity contribution in [2.45, 2.75) is 32.0 Å². The zero-order valence-corrected chi connectivity index (χ0v) is 15.8. The molecule has 3 nitrogen and oxygen atoms in total. The number of ether oxygens (including phenoxy) is 1. The van der Waals surface area contributed by atoms with Crippen LogP contribution in [0.2, 0.25) is 0 Å². The van der Waals surface area contributed by atoms with E-state index in [-0.39, 0.29) is 12.0 Å². The molecule has 28 heavy (non-hydrogen) atoms. The molecule has 0 bridgehead atoms. The summed E-state index contributed by atoms with van der Waals surface area (Å²) >= 11 is 0. The van der Waals surface area contributed by atoms with E-state index < -0.39 is 17.9 Å². The van der Waals surface area contributed by atoms with E-state index in [0.717, 1.165) is 44.0 Å². The molecule has 2 aromatic rings. The topological polar surface area (TPSA) is 29.5 Å². The standard InChI is InChI=1S/C22H24F3NO2/c1-26-11-9-16(10-12-26)13-17-5-4-6-18(14-17)15-20(27)19-7-2-3-8-21(19)28-22(23,24)25/h2-8,14,16H,9-13,15H2,1H3. The summed E-state index contributed by atoms with van der Waals surface area (Å²) < 4.78 is 41.7. The summed E-state index contributed by atoms with van der Waals surface area (Å²) in [4.78, 5) is 14.9. The molecule has 0 spiro atoms. The van der Waals surface area contributed by atoms with E-state index in [1.54, 1.807) is 0 Å². The van der Waals surface area contributed by atoms with Crippen molar-refractivity contribution in [3.8, 4) is 5.75 Å². The number of nitrogens with zero attached hydrogens (tertiary/aromatic N) is 1. The molecular formula is C22H24F3NO2. The molecular weight excluding hydrogens is 367 g/mol. The minimum atomic E-state index is -4.83. The van der Waals surface area contributed by atoms with Crippen molar-refractivity contribution in [3.63, 3.8) is 0 Å². The van der Waals surface area contributed by atoms with E-state index >= 15 is 0 Å². The number of rotatable bonds is 6. The molecule has 1 heterocycles. The van der Waals surface area contributed by atoms with Gasteiger partial charge < -0.3 is 9.64 Å². The first kappa shape index (κ1) is 20.4. The molecule has 6 heteroatoms. The largest absolute Gasteiger partial charge is 0.573 e. The maximum absolute atomic E-state index is 12.6. The van der Waals surface area contributed by atoms with Gasteiger partial charge in [0.2, 0.25) is 0 Å². The second-order valence-corrected chi connectivity index (χ2v) is 7.41. The van der Waals surface area contributed by atoms with Crippen LogP contribution in [0.3, 0.4) is 0 Å². The lowest BCUT2D eigenvalue weighted by atomic mass is 9.89. The third-order valence-corrected chi connectivity index (χ3v) is 5.13. The number of carbonyl (C=O) groups excluding carboxylic acids is 1. The van der Waals surface area contributed by atoms with E-state index in [0.29, 0.717) is 5.92 Å². The highest BCUT2D eigenvalue weighted by Gasteiger charge is 2.32. The van der Waals surface area contributed by atoms with Crippen LogP contribution in [0.1, 0.15) is 34.3 Å². The fraction of sp³-hybridized carbons (Fsp3) is 0.409. The third kappa shape index (κ3) is 5.83. The molecule has 0 N–H and O–H groups in total. The molecule has 1 fully saturated rings. The fourth-order valence-corrected chi connectivity index (χ4v) is 3.66. The number of carbonyl (C=O) groups is 1. The van der Waals surface area contributed by atoms with Crippen molar-refractivity contribution < 1.29 is 22.7 Å². The summed E-state index contributed by atoms with van der Waals surface area (Å²) in [5.41, 5.74) is 1.91. The van der Waals surface area contributed by atoms with Gasteiger partial charge in [0.1, 0.15) is 5.75 Å². The SMILES string of the molecule is CN1CCC(Cc2cccc(CC(=O)c3ccccc3OC(F)(F)F)c2)CC1. The van der Waals surface area contributed by atoms with Crippen LogP contribution < -0.4 is 4.74 Å². The van der Waals surface area contributed by atoms with Gasteiger partial charge in [0.25, 0.3) is 0 Å². The quantitative estimate of drug-likeness (QED) is 0.657. The van der Waals surface area contributed by atoms with Crippen molar-refractivity contribution >= 4 is 5.78 Å². The number of ketones is 1. The van der Waals surface area contributed by atoms with Gasteiger partial charge in [-0.25, -0.2) is 0 Å². The molecule has 0 aromatic heterocycles. The number of likely N-dealkylation sites (tertiary alicyclic amines) is 1. The maximum atomic E-state index is 12.6. The first-order valence-electron chi connectivity index (χ1n) is 9.44. The minimum Gasteiger partial charge on any atom is -0.405 e. The Morgan fingerprint density at radius 3 is 2.46 bits per heavy atom. The van der Waals surface area contributed by atoms with Crippen molar-refractivity contribution in [2.75, 3.05) is 20.1 Å². The van der Waals surface area contributed by atoms with E-state index in [1.165, 1.54) is 23.8 Å². The van der Waals surface area contributed by atoms with Crippen molar-refractivity contribution in [2.24, 2.45) is 5.92 Å². The van der Waals surface area contributed by atoms with E-state index in [9.17, 15) is 18.0 Å². The summed E-state index contributed by atoms with van der Waals surface area (Å²) in [7, 11) is 2.13. The van der Waals surface area contributed by atoms with E-state index in [1.807, 2.05) is 24.3 Å². The summed E-state index contributed by atoms with van der Waals surface area (Å²) in [6.07, 6.45) is -1.52. The first-order valence-corrected chi connectivity index (χ1v) is 9.44. The van der Waals surface area contributed by atoms with Crippen molar-refractivity contribution in [1.29, 1.82) is 0 Å². The zero-order chi connectivity index (χ0) is 20.1. The van der Waals surface area contributed by atoms with Crippen LogP contribution in [-0.2, 0) is 12.8 Å². The van der Waals surface area contributed by atoms with Crippen LogP contribution in [-0.4, -0.2) is 37.2 Å². The van der Waals surface area contributed by atoms with Crippen LogP contribution >= 0.6 is 0 Å². The summed E-state index contributed by atoms with van der Waals surface area (Å²) in [5, 5.41) is 0. The van der Waals surface area contributed by atoms with Gasteiger partial charge in [-0.15, -0.1) is 13.2 Å². The van der Waals surface area contributed by atoms with E-state index in [2.05, 4.69) is 16.7 Å². The number of alkyl halides is 3. The van der Waals surface area contributed by atoms with Gasteiger partial charge in [-0.05, 0) is 68.6 Å².